The monoisotopic (exact) mass is 240 g/mol. The van der Waals surface area contributed by atoms with E-state index in [0.717, 1.165) is 18.4 Å². The molecule has 0 saturated carbocycles. The van der Waals surface area contributed by atoms with Crippen molar-refractivity contribution in [1.82, 2.24) is 0 Å². The second kappa shape index (κ2) is 5.42. The van der Waals surface area contributed by atoms with E-state index in [1.807, 2.05) is 31.2 Å². The predicted molar refractivity (Wildman–Crippen MR) is 75.1 cm³/mol. The Labute approximate surface area is 110 Å². The zero-order valence-corrected chi connectivity index (χ0v) is 11.2. The molecular formula is C17H20O. The number of allylic oxidation sites excluding steroid dienone is 2. The second-order valence-electron chi connectivity index (χ2n) is 5.16. The topological polar surface area (TPSA) is 20.2 Å². The van der Waals surface area contributed by atoms with Crippen LogP contribution < -0.4 is 0 Å². The summed E-state index contributed by atoms with van der Waals surface area (Å²) in [4.78, 5) is 0. The van der Waals surface area contributed by atoms with E-state index in [4.69, 9.17) is 0 Å². The zero-order chi connectivity index (χ0) is 13.0. The van der Waals surface area contributed by atoms with Gasteiger partial charge in [-0.25, -0.2) is 0 Å². The molecule has 1 aromatic rings. The van der Waals surface area contributed by atoms with Crippen molar-refractivity contribution < 1.29 is 5.11 Å². The first-order valence-corrected chi connectivity index (χ1v) is 6.60. The van der Waals surface area contributed by atoms with Crippen molar-refractivity contribution in [3.05, 3.63) is 47.0 Å². The maximum atomic E-state index is 10.4. The van der Waals surface area contributed by atoms with E-state index in [2.05, 4.69) is 17.9 Å². The van der Waals surface area contributed by atoms with E-state index in [1.165, 1.54) is 24.0 Å². The van der Waals surface area contributed by atoms with E-state index in [0.29, 0.717) is 0 Å². The Kier molecular flexibility index (Phi) is 3.89. The van der Waals surface area contributed by atoms with Gasteiger partial charge in [0.2, 0.25) is 0 Å². The van der Waals surface area contributed by atoms with Gasteiger partial charge in [0.15, 0.2) is 0 Å². The van der Waals surface area contributed by atoms with Crippen LogP contribution in [0.25, 0.3) is 0 Å². The molecule has 0 bridgehead atoms. The van der Waals surface area contributed by atoms with Gasteiger partial charge in [-0.05, 0) is 50.7 Å². The molecule has 0 amide bonds. The molecule has 1 N–H and O–H groups in total. The Hall–Kier alpha value is -1.52. The summed E-state index contributed by atoms with van der Waals surface area (Å²) in [6, 6.07) is 7.90. The van der Waals surface area contributed by atoms with Crippen LogP contribution in [0.2, 0.25) is 0 Å². The molecule has 0 fully saturated rings. The van der Waals surface area contributed by atoms with E-state index >= 15 is 0 Å². The standard InChI is InChI=1S/C17H20O/c1-14-8-10-16(11-9-14)17(2,18)13-12-15-6-4-3-5-7-15/h6,8-11,18H,3-5,7H2,1-2H3. The molecule has 1 nitrogen and oxygen atoms in total. The Morgan fingerprint density at radius 3 is 2.50 bits per heavy atom. The van der Waals surface area contributed by atoms with Crippen LogP contribution in [0.4, 0.5) is 0 Å². The van der Waals surface area contributed by atoms with E-state index in [9.17, 15) is 5.11 Å². The summed E-state index contributed by atoms with van der Waals surface area (Å²) in [6.07, 6.45) is 6.85. The first kappa shape index (κ1) is 12.9. The van der Waals surface area contributed by atoms with E-state index in [-0.39, 0.29) is 0 Å². The highest BCUT2D eigenvalue weighted by atomic mass is 16.3. The normalized spacial score (nSPS) is 18.3. The molecule has 0 aromatic heterocycles. The smallest absolute Gasteiger partial charge is 0.148 e. The maximum absolute atomic E-state index is 10.4. The van der Waals surface area contributed by atoms with Gasteiger partial charge in [0.1, 0.15) is 5.60 Å². The van der Waals surface area contributed by atoms with Crippen molar-refractivity contribution in [3.63, 3.8) is 0 Å². The molecule has 1 aliphatic carbocycles. The Morgan fingerprint density at radius 2 is 1.89 bits per heavy atom. The molecular weight excluding hydrogens is 220 g/mol. The molecule has 0 radical (unpaired) electrons. The number of aryl methyl sites for hydroxylation is 1. The van der Waals surface area contributed by atoms with Gasteiger partial charge in [-0.3, -0.25) is 0 Å². The number of rotatable bonds is 1. The van der Waals surface area contributed by atoms with Crippen LogP contribution in [0.5, 0.6) is 0 Å². The fourth-order valence-corrected chi connectivity index (χ4v) is 2.10. The molecule has 0 spiro atoms. The van der Waals surface area contributed by atoms with Crippen LogP contribution in [-0.4, -0.2) is 5.11 Å². The summed E-state index contributed by atoms with van der Waals surface area (Å²) >= 11 is 0. The number of benzene rings is 1. The van der Waals surface area contributed by atoms with Gasteiger partial charge in [0.05, 0.1) is 0 Å². The summed E-state index contributed by atoms with van der Waals surface area (Å²) in [5.74, 6) is 6.14. The molecule has 0 aliphatic heterocycles. The number of hydrogen-bond acceptors (Lipinski definition) is 1. The van der Waals surface area contributed by atoms with Crippen molar-refractivity contribution in [2.45, 2.75) is 45.1 Å². The van der Waals surface area contributed by atoms with Crippen LogP contribution in [0, 0.1) is 18.8 Å². The van der Waals surface area contributed by atoms with Gasteiger partial charge in [-0.15, -0.1) is 0 Å². The molecule has 1 unspecified atom stereocenters. The second-order valence-corrected chi connectivity index (χ2v) is 5.16. The summed E-state index contributed by atoms with van der Waals surface area (Å²) < 4.78 is 0. The average Bonchev–Trinajstić information content (AvgIpc) is 2.38. The van der Waals surface area contributed by atoms with Crippen LogP contribution >= 0.6 is 0 Å². The summed E-state index contributed by atoms with van der Waals surface area (Å²) in [6.45, 7) is 3.80. The summed E-state index contributed by atoms with van der Waals surface area (Å²) in [7, 11) is 0. The number of aliphatic hydroxyl groups is 1. The van der Waals surface area contributed by atoms with Crippen LogP contribution in [0.3, 0.4) is 0 Å². The van der Waals surface area contributed by atoms with E-state index < -0.39 is 5.60 Å². The lowest BCUT2D eigenvalue weighted by atomic mass is 9.94. The predicted octanol–water partition coefficient (Wildman–Crippen LogP) is 3.71. The minimum absolute atomic E-state index is 0.858. The molecule has 1 atom stereocenters. The van der Waals surface area contributed by atoms with Gasteiger partial charge in [0.25, 0.3) is 0 Å². The van der Waals surface area contributed by atoms with Crippen molar-refractivity contribution >= 4 is 0 Å². The van der Waals surface area contributed by atoms with Crippen molar-refractivity contribution in [3.8, 4) is 11.8 Å². The molecule has 1 heteroatoms. The quantitative estimate of drug-likeness (QED) is 0.742. The molecule has 0 heterocycles. The van der Waals surface area contributed by atoms with Crippen molar-refractivity contribution in [2.24, 2.45) is 0 Å². The maximum Gasteiger partial charge on any atom is 0.148 e. The van der Waals surface area contributed by atoms with Crippen molar-refractivity contribution in [1.29, 1.82) is 0 Å². The lowest BCUT2D eigenvalue weighted by molar-refractivity contribution is 0.122. The van der Waals surface area contributed by atoms with Crippen molar-refractivity contribution in [2.75, 3.05) is 0 Å². The highest BCUT2D eigenvalue weighted by Crippen LogP contribution is 2.21. The highest BCUT2D eigenvalue weighted by molar-refractivity contribution is 5.38. The van der Waals surface area contributed by atoms with Gasteiger partial charge in [-0.2, -0.15) is 0 Å². The van der Waals surface area contributed by atoms with Gasteiger partial charge >= 0.3 is 0 Å². The fourth-order valence-electron chi connectivity index (χ4n) is 2.10. The Balaban J connectivity index is 2.18. The van der Waals surface area contributed by atoms with Crippen LogP contribution in [0.15, 0.2) is 35.9 Å². The zero-order valence-electron chi connectivity index (χ0n) is 11.2. The average molecular weight is 240 g/mol. The molecule has 2 rings (SSSR count). The van der Waals surface area contributed by atoms with Gasteiger partial charge in [0, 0.05) is 0 Å². The molecule has 0 saturated heterocycles. The largest absolute Gasteiger partial charge is 0.374 e. The summed E-state index contributed by atoms with van der Waals surface area (Å²) in [5, 5.41) is 10.4. The lowest BCUT2D eigenvalue weighted by Gasteiger charge is -2.17. The van der Waals surface area contributed by atoms with Crippen LogP contribution in [-0.2, 0) is 5.60 Å². The third kappa shape index (κ3) is 3.24. The third-order valence-electron chi connectivity index (χ3n) is 3.37. The third-order valence-corrected chi connectivity index (χ3v) is 3.37. The molecule has 1 aliphatic rings. The minimum Gasteiger partial charge on any atom is -0.374 e. The Morgan fingerprint density at radius 1 is 1.17 bits per heavy atom. The van der Waals surface area contributed by atoms with Gasteiger partial charge < -0.3 is 5.11 Å². The molecule has 1 aromatic carbocycles. The number of hydrogen-bond donors (Lipinski definition) is 1. The molecule has 18 heavy (non-hydrogen) atoms. The molecule has 94 valence electrons. The Bertz CT molecular complexity index is 495. The minimum atomic E-state index is -1.06. The van der Waals surface area contributed by atoms with Crippen LogP contribution in [0.1, 0.15) is 43.7 Å². The van der Waals surface area contributed by atoms with E-state index in [1.54, 1.807) is 6.92 Å². The highest BCUT2D eigenvalue weighted by Gasteiger charge is 2.19. The SMILES string of the molecule is Cc1ccc(C(C)(O)C#CC2=CCCCC2)cc1. The fraction of sp³-hybridized carbons (Fsp3) is 0.412. The summed E-state index contributed by atoms with van der Waals surface area (Å²) in [5.41, 5.74) is 2.16. The van der Waals surface area contributed by atoms with Gasteiger partial charge in [-0.1, -0.05) is 47.7 Å². The first-order valence-electron chi connectivity index (χ1n) is 6.60. The lowest BCUT2D eigenvalue weighted by Crippen LogP contribution is -2.18. The first-order chi connectivity index (χ1) is 8.58.